The number of hydrogen-bond acceptors (Lipinski definition) is 6. The highest BCUT2D eigenvalue weighted by Gasteiger charge is 2.29. The number of anilines is 4. The second kappa shape index (κ2) is 8.47. The summed E-state index contributed by atoms with van der Waals surface area (Å²) >= 11 is 0. The largest absolute Gasteiger partial charge is 0.335 e. The third-order valence-corrected chi connectivity index (χ3v) is 4.60. The molecule has 3 rings (SSSR count). The quantitative estimate of drug-likeness (QED) is 0.726. The second-order valence-electron chi connectivity index (χ2n) is 7.31. The lowest BCUT2D eigenvalue weighted by atomic mass is 10.1. The van der Waals surface area contributed by atoms with E-state index in [1.165, 1.54) is 11.4 Å². The molecule has 0 amide bonds. The van der Waals surface area contributed by atoms with Gasteiger partial charge < -0.3 is 19.6 Å². The SMILES string of the molecule is CN(C)CCCN1c2cccnc2N(CCCN(C)C)c2ncccc21. The van der Waals surface area contributed by atoms with Crippen LogP contribution < -0.4 is 9.80 Å². The van der Waals surface area contributed by atoms with Crippen LogP contribution >= 0.6 is 0 Å². The van der Waals surface area contributed by atoms with Crippen LogP contribution in [0.2, 0.25) is 0 Å². The molecule has 140 valence electrons. The van der Waals surface area contributed by atoms with Crippen LogP contribution in [0.3, 0.4) is 0 Å². The molecule has 0 N–H and O–H groups in total. The first-order valence-corrected chi connectivity index (χ1v) is 9.32. The van der Waals surface area contributed by atoms with Crippen molar-refractivity contribution in [3.8, 4) is 0 Å². The summed E-state index contributed by atoms with van der Waals surface area (Å²) in [6.07, 6.45) is 5.92. The number of nitrogens with zero attached hydrogens (tertiary/aromatic N) is 6. The van der Waals surface area contributed by atoms with E-state index in [0.29, 0.717) is 0 Å². The Morgan fingerprint density at radius 1 is 0.731 bits per heavy atom. The molecule has 0 aliphatic carbocycles. The molecule has 0 aromatic carbocycles. The molecule has 1 aliphatic rings. The molecular formula is C20H30N6. The number of fused-ring (bicyclic) bond motifs is 2. The van der Waals surface area contributed by atoms with Crippen molar-refractivity contribution in [3.05, 3.63) is 36.7 Å². The van der Waals surface area contributed by atoms with Gasteiger partial charge in [0, 0.05) is 25.5 Å². The summed E-state index contributed by atoms with van der Waals surface area (Å²) in [4.78, 5) is 18.5. The molecule has 3 heterocycles. The van der Waals surface area contributed by atoms with Crippen LogP contribution in [0.25, 0.3) is 0 Å². The zero-order valence-corrected chi connectivity index (χ0v) is 16.4. The number of pyridine rings is 2. The van der Waals surface area contributed by atoms with E-state index in [2.05, 4.69) is 59.9 Å². The van der Waals surface area contributed by atoms with Gasteiger partial charge in [0.2, 0.25) is 0 Å². The normalized spacial score (nSPS) is 13.3. The smallest absolute Gasteiger partial charge is 0.158 e. The highest BCUT2D eigenvalue weighted by Crippen LogP contribution is 2.45. The van der Waals surface area contributed by atoms with Crippen molar-refractivity contribution in [2.45, 2.75) is 12.8 Å². The second-order valence-corrected chi connectivity index (χ2v) is 7.31. The highest BCUT2D eigenvalue weighted by atomic mass is 15.3. The minimum absolute atomic E-state index is 0.914. The summed E-state index contributed by atoms with van der Waals surface area (Å²) in [5.74, 6) is 2.03. The predicted octanol–water partition coefficient (Wildman–Crippen LogP) is 2.97. The van der Waals surface area contributed by atoms with Crippen molar-refractivity contribution < 1.29 is 0 Å². The first kappa shape index (κ1) is 18.6. The summed E-state index contributed by atoms with van der Waals surface area (Å²) < 4.78 is 0. The molecule has 0 radical (unpaired) electrons. The number of aromatic nitrogens is 2. The van der Waals surface area contributed by atoms with Gasteiger partial charge in [0.15, 0.2) is 11.6 Å². The number of hydrogen-bond donors (Lipinski definition) is 0. The van der Waals surface area contributed by atoms with Crippen LogP contribution in [0.4, 0.5) is 23.0 Å². The maximum absolute atomic E-state index is 4.71. The molecule has 1 aliphatic heterocycles. The highest BCUT2D eigenvalue weighted by molar-refractivity contribution is 5.89. The molecule has 2 aromatic rings. The van der Waals surface area contributed by atoms with Gasteiger partial charge in [-0.1, -0.05) is 0 Å². The summed E-state index contributed by atoms with van der Waals surface area (Å²) in [6, 6.07) is 8.40. The Bertz CT molecular complexity index is 607. The molecule has 0 fully saturated rings. The maximum Gasteiger partial charge on any atom is 0.158 e. The van der Waals surface area contributed by atoms with Crippen LogP contribution in [-0.4, -0.2) is 74.1 Å². The minimum Gasteiger partial charge on any atom is -0.335 e. The van der Waals surface area contributed by atoms with Crippen LogP contribution in [0.1, 0.15) is 12.8 Å². The molecule has 0 saturated heterocycles. The molecular weight excluding hydrogens is 324 g/mol. The van der Waals surface area contributed by atoms with Crippen LogP contribution in [0.15, 0.2) is 36.7 Å². The Hall–Kier alpha value is -2.18. The Kier molecular flexibility index (Phi) is 6.06. The molecule has 6 nitrogen and oxygen atoms in total. The summed E-state index contributed by atoms with van der Waals surface area (Å²) in [5, 5.41) is 0. The molecule has 26 heavy (non-hydrogen) atoms. The number of rotatable bonds is 8. The van der Waals surface area contributed by atoms with Crippen LogP contribution in [0.5, 0.6) is 0 Å². The van der Waals surface area contributed by atoms with Gasteiger partial charge in [-0.3, -0.25) is 0 Å². The third-order valence-electron chi connectivity index (χ3n) is 4.60. The summed E-state index contributed by atoms with van der Waals surface area (Å²) in [6.45, 7) is 3.99. The van der Waals surface area contributed by atoms with Gasteiger partial charge in [-0.2, -0.15) is 0 Å². The van der Waals surface area contributed by atoms with Gasteiger partial charge in [-0.15, -0.1) is 0 Å². The lowest BCUT2D eigenvalue weighted by Gasteiger charge is -2.38. The monoisotopic (exact) mass is 354 g/mol. The zero-order valence-electron chi connectivity index (χ0n) is 16.4. The van der Waals surface area contributed by atoms with E-state index in [0.717, 1.165) is 50.7 Å². The molecule has 2 aromatic heterocycles. The lowest BCUT2D eigenvalue weighted by molar-refractivity contribution is 0.401. The van der Waals surface area contributed by atoms with Gasteiger partial charge in [0.1, 0.15) is 0 Å². The topological polar surface area (TPSA) is 38.7 Å². The Labute approximate surface area is 157 Å². The molecule has 0 bridgehead atoms. The third kappa shape index (κ3) is 4.14. The van der Waals surface area contributed by atoms with Crippen LogP contribution in [-0.2, 0) is 0 Å². The predicted molar refractivity (Wildman–Crippen MR) is 109 cm³/mol. The maximum atomic E-state index is 4.71. The van der Waals surface area contributed by atoms with Gasteiger partial charge >= 0.3 is 0 Å². The first-order chi connectivity index (χ1) is 12.6. The Balaban J connectivity index is 1.90. The minimum atomic E-state index is 0.914. The Morgan fingerprint density at radius 2 is 1.19 bits per heavy atom. The molecule has 6 heteroatoms. The standard InChI is InChI=1S/C20H30N6/c1-23(2)13-7-15-25-17-9-5-11-21-19(17)26(16-8-14-24(3)4)20-18(25)10-6-12-22-20/h5-6,9-12H,7-8,13-16H2,1-4H3. The lowest BCUT2D eigenvalue weighted by Crippen LogP contribution is -2.34. The van der Waals surface area contributed by atoms with Crippen molar-refractivity contribution in [2.75, 3.05) is 64.2 Å². The Morgan fingerprint density at radius 3 is 1.65 bits per heavy atom. The average Bonchev–Trinajstić information content (AvgIpc) is 2.62. The van der Waals surface area contributed by atoms with Crippen molar-refractivity contribution in [3.63, 3.8) is 0 Å². The van der Waals surface area contributed by atoms with Crippen molar-refractivity contribution in [1.82, 2.24) is 19.8 Å². The fraction of sp³-hybridized carbons (Fsp3) is 0.500. The van der Waals surface area contributed by atoms with Gasteiger partial charge in [0.25, 0.3) is 0 Å². The molecule has 0 saturated carbocycles. The average molecular weight is 355 g/mol. The van der Waals surface area contributed by atoms with E-state index in [9.17, 15) is 0 Å². The first-order valence-electron chi connectivity index (χ1n) is 9.32. The van der Waals surface area contributed by atoms with E-state index in [-0.39, 0.29) is 0 Å². The van der Waals surface area contributed by atoms with Gasteiger partial charge in [-0.25, -0.2) is 9.97 Å². The van der Waals surface area contributed by atoms with Gasteiger partial charge in [0.05, 0.1) is 11.4 Å². The van der Waals surface area contributed by atoms with E-state index >= 15 is 0 Å². The molecule has 0 spiro atoms. The molecule has 0 unspecified atom stereocenters. The summed E-state index contributed by atoms with van der Waals surface area (Å²) in [7, 11) is 8.46. The van der Waals surface area contributed by atoms with E-state index in [4.69, 9.17) is 9.97 Å². The van der Waals surface area contributed by atoms with Gasteiger partial charge in [-0.05, 0) is 78.4 Å². The van der Waals surface area contributed by atoms with Crippen molar-refractivity contribution in [1.29, 1.82) is 0 Å². The fourth-order valence-corrected chi connectivity index (χ4v) is 3.39. The van der Waals surface area contributed by atoms with E-state index < -0.39 is 0 Å². The fourth-order valence-electron chi connectivity index (χ4n) is 3.39. The van der Waals surface area contributed by atoms with E-state index in [1.807, 2.05) is 24.5 Å². The van der Waals surface area contributed by atoms with Crippen molar-refractivity contribution >= 4 is 23.0 Å². The van der Waals surface area contributed by atoms with E-state index in [1.54, 1.807) is 0 Å². The zero-order chi connectivity index (χ0) is 18.5. The van der Waals surface area contributed by atoms with Crippen molar-refractivity contribution in [2.24, 2.45) is 0 Å². The summed E-state index contributed by atoms with van der Waals surface area (Å²) in [5.41, 5.74) is 2.35. The molecule has 0 atom stereocenters. The van der Waals surface area contributed by atoms with Crippen LogP contribution in [0, 0.1) is 0 Å².